The van der Waals surface area contributed by atoms with Crippen LogP contribution in [0.15, 0.2) is 30.3 Å². The number of nitrogens with zero attached hydrogens (tertiary/aromatic N) is 1. The molecule has 2 aliphatic rings. The molecule has 1 aliphatic carbocycles. The normalized spacial score (nSPS) is 27.3. The van der Waals surface area contributed by atoms with E-state index in [0.717, 1.165) is 32.2 Å². The van der Waals surface area contributed by atoms with Crippen molar-refractivity contribution in [3.05, 3.63) is 35.9 Å². The Balaban J connectivity index is 1.70. The average Bonchev–Trinajstić information content (AvgIpc) is 3.32. The molecule has 3 rings (SSSR count). The maximum atomic E-state index is 13.2. The van der Waals surface area contributed by atoms with Crippen molar-refractivity contribution in [2.24, 2.45) is 5.92 Å². The van der Waals surface area contributed by atoms with Gasteiger partial charge in [-0.1, -0.05) is 43.2 Å². The van der Waals surface area contributed by atoms with Gasteiger partial charge in [0.15, 0.2) is 18.2 Å². The number of quaternary nitrogens is 1. The van der Waals surface area contributed by atoms with Crippen LogP contribution in [-0.4, -0.2) is 60.9 Å². The van der Waals surface area contributed by atoms with Crippen molar-refractivity contribution in [1.29, 1.82) is 0 Å². The van der Waals surface area contributed by atoms with Crippen LogP contribution in [-0.2, 0) is 24.7 Å². The first-order chi connectivity index (χ1) is 13.4. The Morgan fingerprint density at radius 3 is 2.50 bits per heavy atom. The number of carbonyl (C=O) groups is 2. The molecule has 1 aliphatic heterocycles. The topological polar surface area (TPSA) is 72.8 Å². The minimum Gasteiger partial charge on any atom is -0.462 e. The number of rotatable bonds is 7. The van der Waals surface area contributed by atoms with E-state index in [0.29, 0.717) is 29.6 Å². The van der Waals surface area contributed by atoms with Gasteiger partial charge in [-0.3, -0.25) is 0 Å². The SMILES string of the molecule is CCOC(=O)C[N@@+]1(C)CC[C@H](OC(=O)[C@@](O)(c2ccccc2)C2CCCC2)C1. The molecule has 0 amide bonds. The first kappa shape index (κ1) is 20.8. The van der Waals surface area contributed by atoms with Crippen LogP contribution in [0.2, 0.25) is 0 Å². The fourth-order valence-corrected chi connectivity index (χ4v) is 4.69. The molecular formula is C22H32NO5+. The molecule has 0 spiro atoms. The number of esters is 2. The summed E-state index contributed by atoms with van der Waals surface area (Å²) < 4.78 is 11.4. The molecular weight excluding hydrogens is 358 g/mol. The van der Waals surface area contributed by atoms with Gasteiger partial charge in [-0.2, -0.15) is 0 Å². The highest BCUT2D eigenvalue weighted by molar-refractivity contribution is 5.81. The number of carbonyl (C=O) groups excluding carboxylic acids is 2. The van der Waals surface area contributed by atoms with Gasteiger partial charge in [0, 0.05) is 12.3 Å². The van der Waals surface area contributed by atoms with Gasteiger partial charge in [0.1, 0.15) is 6.54 Å². The second kappa shape index (κ2) is 8.62. The van der Waals surface area contributed by atoms with Crippen LogP contribution in [0.4, 0.5) is 0 Å². The molecule has 1 saturated heterocycles. The fourth-order valence-electron chi connectivity index (χ4n) is 4.69. The van der Waals surface area contributed by atoms with E-state index in [2.05, 4.69) is 0 Å². The van der Waals surface area contributed by atoms with Crippen LogP contribution >= 0.6 is 0 Å². The molecule has 1 N–H and O–H groups in total. The summed E-state index contributed by atoms with van der Waals surface area (Å²) in [5, 5.41) is 11.5. The summed E-state index contributed by atoms with van der Waals surface area (Å²) >= 11 is 0. The van der Waals surface area contributed by atoms with Crippen molar-refractivity contribution in [1.82, 2.24) is 0 Å². The summed E-state index contributed by atoms with van der Waals surface area (Å²) in [6.45, 7) is 3.72. The minimum absolute atomic E-state index is 0.121. The fraction of sp³-hybridized carbons (Fsp3) is 0.636. The Morgan fingerprint density at radius 2 is 1.86 bits per heavy atom. The number of benzene rings is 1. The van der Waals surface area contributed by atoms with E-state index in [1.54, 1.807) is 19.1 Å². The lowest BCUT2D eigenvalue weighted by Crippen LogP contribution is -2.48. The molecule has 0 bridgehead atoms. The van der Waals surface area contributed by atoms with E-state index in [9.17, 15) is 14.7 Å². The summed E-state index contributed by atoms with van der Waals surface area (Å²) in [6.07, 6.45) is 4.06. The standard InChI is InChI=1S/C22H32NO5/c1-3-27-20(24)16-23(2)14-13-19(15-23)28-21(25)22(26,18-11-7-8-12-18)17-9-5-4-6-10-17/h4-6,9-10,18-19,26H,3,7-8,11-16H2,1-2H3/q+1/t19-,22+,23-/m0/s1. The molecule has 1 saturated carbocycles. The zero-order valence-corrected chi connectivity index (χ0v) is 16.9. The van der Waals surface area contributed by atoms with Crippen LogP contribution in [0.5, 0.6) is 0 Å². The van der Waals surface area contributed by atoms with Crippen LogP contribution in [0.3, 0.4) is 0 Å². The maximum Gasteiger partial charge on any atom is 0.361 e. The molecule has 6 nitrogen and oxygen atoms in total. The average molecular weight is 391 g/mol. The Kier molecular flexibility index (Phi) is 6.40. The molecule has 1 heterocycles. The Bertz CT molecular complexity index is 687. The monoisotopic (exact) mass is 390 g/mol. The lowest BCUT2D eigenvalue weighted by molar-refractivity contribution is -0.891. The van der Waals surface area contributed by atoms with Crippen molar-refractivity contribution in [3.63, 3.8) is 0 Å². The van der Waals surface area contributed by atoms with Gasteiger partial charge in [0.25, 0.3) is 0 Å². The summed E-state index contributed by atoms with van der Waals surface area (Å²) in [6, 6.07) is 9.15. The molecule has 0 unspecified atom stereocenters. The number of aliphatic hydroxyl groups is 1. The number of hydrogen-bond acceptors (Lipinski definition) is 5. The third-order valence-corrected chi connectivity index (χ3v) is 6.20. The van der Waals surface area contributed by atoms with Gasteiger partial charge >= 0.3 is 11.9 Å². The predicted octanol–water partition coefficient (Wildman–Crippen LogP) is 2.39. The van der Waals surface area contributed by atoms with Crippen molar-refractivity contribution in [2.75, 3.05) is 33.3 Å². The first-order valence-corrected chi connectivity index (χ1v) is 10.4. The van der Waals surface area contributed by atoms with Crippen molar-refractivity contribution in [2.45, 2.75) is 50.7 Å². The largest absolute Gasteiger partial charge is 0.462 e. The highest BCUT2D eigenvalue weighted by atomic mass is 16.6. The van der Waals surface area contributed by atoms with Gasteiger partial charge in [0.2, 0.25) is 0 Å². The molecule has 28 heavy (non-hydrogen) atoms. The number of hydrogen-bond donors (Lipinski definition) is 1. The number of ether oxygens (including phenoxy) is 2. The Morgan fingerprint density at radius 1 is 1.18 bits per heavy atom. The molecule has 0 radical (unpaired) electrons. The second-order valence-electron chi connectivity index (χ2n) is 8.42. The van der Waals surface area contributed by atoms with E-state index < -0.39 is 11.6 Å². The number of likely N-dealkylation sites (N-methyl/N-ethyl adjacent to an activating group) is 1. The van der Waals surface area contributed by atoms with Crippen molar-refractivity contribution < 1.29 is 28.7 Å². The quantitative estimate of drug-likeness (QED) is 0.572. The van der Waals surface area contributed by atoms with E-state index in [4.69, 9.17) is 9.47 Å². The summed E-state index contributed by atoms with van der Waals surface area (Å²) in [4.78, 5) is 25.0. The molecule has 1 aromatic carbocycles. The zero-order valence-electron chi connectivity index (χ0n) is 16.9. The van der Waals surface area contributed by atoms with Gasteiger partial charge in [-0.25, -0.2) is 9.59 Å². The number of likely N-dealkylation sites (tertiary alicyclic amines) is 1. The smallest absolute Gasteiger partial charge is 0.361 e. The van der Waals surface area contributed by atoms with Crippen LogP contribution in [0.1, 0.15) is 44.6 Å². The summed E-state index contributed by atoms with van der Waals surface area (Å²) in [5.74, 6) is -0.909. The van der Waals surface area contributed by atoms with Gasteiger partial charge in [-0.15, -0.1) is 0 Å². The van der Waals surface area contributed by atoms with Crippen LogP contribution < -0.4 is 0 Å². The third-order valence-electron chi connectivity index (χ3n) is 6.20. The lowest BCUT2D eigenvalue weighted by atomic mass is 9.80. The van der Waals surface area contributed by atoms with Gasteiger partial charge in [-0.05, 0) is 25.3 Å². The van der Waals surface area contributed by atoms with Crippen molar-refractivity contribution in [3.8, 4) is 0 Å². The van der Waals surface area contributed by atoms with Crippen LogP contribution in [0, 0.1) is 5.92 Å². The van der Waals surface area contributed by atoms with Gasteiger partial charge in [0.05, 0.1) is 20.2 Å². The molecule has 2 fully saturated rings. The Labute approximate surface area is 167 Å². The first-order valence-electron chi connectivity index (χ1n) is 10.4. The molecule has 0 aromatic heterocycles. The van der Waals surface area contributed by atoms with Crippen molar-refractivity contribution >= 4 is 11.9 Å². The van der Waals surface area contributed by atoms with Gasteiger partial charge < -0.3 is 19.1 Å². The molecule has 154 valence electrons. The summed E-state index contributed by atoms with van der Waals surface area (Å²) in [5.41, 5.74) is -1.00. The lowest BCUT2D eigenvalue weighted by Gasteiger charge is -2.33. The highest BCUT2D eigenvalue weighted by Crippen LogP contribution is 2.42. The Hall–Kier alpha value is -1.92. The predicted molar refractivity (Wildman–Crippen MR) is 104 cm³/mol. The van der Waals surface area contributed by atoms with E-state index in [1.165, 1.54) is 0 Å². The second-order valence-corrected chi connectivity index (χ2v) is 8.42. The minimum atomic E-state index is -1.61. The molecule has 6 heteroatoms. The molecule has 1 aromatic rings. The van der Waals surface area contributed by atoms with E-state index in [-0.39, 0.29) is 24.5 Å². The maximum absolute atomic E-state index is 13.2. The molecule has 3 atom stereocenters. The zero-order chi connectivity index (χ0) is 20.2. The third kappa shape index (κ3) is 4.39. The van der Waals surface area contributed by atoms with Crippen LogP contribution in [0.25, 0.3) is 0 Å². The van der Waals surface area contributed by atoms with E-state index in [1.807, 2.05) is 25.2 Å². The summed E-state index contributed by atoms with van der Waals surface area (Å²) in [7, 11) is 1.98. The van der Waals surface area contributed by atoms with E-state index >= 15 is 0 Å². The highest BCUT2D eigenvalue weighted by Gasteiger charge is 2.50.